The van der Waals surface area contributed by atoms with Crippen LogP contribution < -0.4 is 0 Å². The minimum atomic E-state index is 0. The van der Waals surface area contributed by atoms with Crippen LogP contribution in [0.5, 0.6) is 0 Å². The van der Waals surface area contributed by atoms with E-state index in [1.165, 1.54) is 0 Å². The van der Waals surface area contributed by atoms with Gasteiger partial charge in [0.15, 0.2) is 0 Å². The molecule has 4 nitrogen and oxygen atoms in total. The van der Waals surface area contributed by atoms with E-state index in [9.17, 15) is 0 Å². The van der Waals surface area contributed by atoms with Crippen LogP contribution in [0.2, 0.25) is 0 Å². The Balaban J connectivity index is -0.000000000500. The SMILES string of the molecule is O.[Fe+2].[Fe+2].[O-2].[O-2].[O]=[Co]. The van der Waals surface area contributed by atoms with Crippen LogP contribution in [0.4, 0.5) is 0 Å². The van der Waals surface area contributed by atoms with Crippen LogP contribution in [0.15, 0.2) is 0 Å². The normalized spacial score (nSPS) is 0.714. The van der Waals surface area contributed by atoms with E-state index < -0.39 is 0 Å². The van der Waals surface area contributed by atoms with Gasteiger partial charge in [0.2, 0.25) is 0 Å². The standard InChI is InChI=1S/Co.2Fe.H2O.3O/h;;;1H2;;;/q;2*+2;;;2*-2. The Bertz CT molecular complexity index is 9.65. The van der Waals surface area contributed by atoms with Gasteiger partial charge in [-0.15, -0.1) is 0 Å². The van der Waals surface area contributed by atoms with Gasteiger partial charge >= 0.3 is 53.7 Å². The Hall–Kier alpha value is 1.23. The van der Waals surface area contributed by atoms with Crippen molar-refractivity contribution in [2.45, 2.75) is 0 Å². The molecule has 51 valence electrons. The molecular weight excluding hydrogens is 235 g/mol. The van der Waals surface area contributed by atoms with Gasteiger partial charge in [-0.25, -0.2) is 0 Å². The first-order valence-corrected chi connectivity index (χ1v) is 0.561. The van der Waals surface area contributed by atoms with Crippen LogP contribution in [0.1, 0.15) is 0 Å². The van der Waals surface area contributed by atoms with Gasteiger partial charge in [-0.2, -0.15) is 0 Å². The summed E-state index contributed by atoms with van der Waals surface area (Å²) in [6, 6.07) is 0. The Morgan fingerprint density at radius 3 is 0.857 bits per heavy atom. The van der Waals surface area contributed by atoms with Crippen molar-refractivity contribution >= 4 is 0 Å². The van der Waals surface area contributed by atoms with Gasteiger partial charge in [-0.05, 0) is 0 Å². The van der Waals surface area contributed by atoms with E-state index in [4.69, 9.17) is 3.87 Å². The van der Waals surface area contributed by atoms with Crippen LogP contribution in [-0.4, -0.2) is 5.48 Å². The van der Waals surface area contributed by atoms with E-state index >= 15 is 0 Å². The summed E-state index contributed by atoms with van der Waals surface area (Å²) < 4.78 is 7.94. The molecular formula is H2CoFe2O4. The number of hydrogen-bond acceptors (Lipinski definition) is 1. The third-order valence-electron chi connectivity index (χ3n) is 0. The van der Waals surface area contributed by atoms with Crippen LogP contribution in [0.3, 0.4) is 0 Å². The summed E-state index contributed by atoms with van der Waals surface area (Å²) in [5.41, 5.74) is 0. The predicted molar refractivity (Wildman–Crippen MR) is 5.67 cm³/mol. The quantitative estimate of drug-likeness (QED) is 0.485. The molecule has 0 aliphatic rings. The Kier molecular flexibility index (Phi) is 2310. The Morgan fingerprint density at radius 2 is 0.857 bits per heavy atom. The molecule has 0 fully saturated rings. The third-order valence-corrected chi connectivity index (χ3v) is 0. The van der Waals surface area contributed by atoms with Crippen molar-refractivity contribution in [1.29, 1.82) is 0 Å². The predicted octanol–water partition coefficient (Wildman–Crippen LogP) is -1.19. The minimum absolute atomic E-state index is 0. The second-order valence-corrected chi connectivity index (χ2v) is 0. The summed E-state index contributed by atoms with van der Waals surface area (Å²) in [6.45, 7) is 0. The van der Waals surface area contributed by atoms with Crippen LogP contribution in [0, 0.1) is 0 Å². The molecule has 0 aliphatic heterocycles. The van der Waals surface area contributed by atoms with Crippen molar-refractivity contribution in [1.82, 2.24) is 0 Å². The first-order valence-electron chi connectivity index (χ1n) is 0.136. The van der Waals surface area contributed by atoms with Gasteiger partial charge in [0.1, 0.15) is 0 Å². The van der Waals surface area contributed by atoms with Gasteiger partial charge in [0.05, 0.1) is 0 Å². The van der Waals surface area contributed by atoms with Crippen LogP contribution in [0.25, 0.3) is 0 Å². The van der Waals surface area contributed by atoms with Crippen molar-refractivity contribution < 1.29 is 70.1 Å². The van der Waals surface area contributed by atoms with E-state index in [0.29, 0.717) is 0 Å². The summed E-state index contributed by atoms with van der Waals surface area (Å²) >= 11 is 2.31. The molecule has 0 radical (unpaired) electrons. The van der Waals surface area contributed by atoms with Crippen molar-refractivity contribution in [3.05, 3.63) is 0 Å². The second-order valence-electron chi connectivity index (χ2n) is 0. The maximum absolute atomic E-state index is 7.94. The fourth-order valence-corrected chi connectivity index (χ4v) is 0. The zero-order valence-corrected chi connectivity index (χ0v) is 6.01. The average molecular weight is 237 g/mol. The molecule has 0 bridgehead atoms. The van der Waals surface area contributed by atoms with Crippen LogP contribution in [-0.2, 0) is 64.6 Å². The molecule has 0 rings (SSSR count). The van der Waals surface area contributed by atoms with Gasteiger partial charge in [0, 0.05) is 0 Å². The monoisotopic (exact) mass is 237 g/mol. The molecule has 0 aromatic heterocycles. The van der Waals surface area contributed by atoms with E-state index in [2.05, 4.69) is 15.7 Å². The molecule has 0 amide bonds. The molecule has 0 aromatic carbocycles. The van der Waals surface area contributed by atoms with Gasteiger partial charge in [-0.1, -0.05) is 0 Å². The first kappa shape index (κ1) is 86.7. The summed E-state index contributed by atoms with van der Waals surface area (Å²) in [4.78, 5) is 0. The van der Waals surface area contributed by atoms with E-state index in [1.54, 1.807) is 0 Å². The van der Waals surface area contributed by atoms with Crippen molar-refractivity contribution in [3.8, 4) is 0 Å². The topological polar surface area (TPSA) is 106 Å². The molecule has 7 heavy (non-hydrogen) atoms. The molecule has 0 saturated heterocycles. The number of rotatable bonds is 0. The first-order chi connectivity index (χ1) is 1.00. The molecule has 0 aromatic rings. The molecule has 0 unspecified atom stereocenters. The molecule has 0 atom stereocenters. The fraction of sp³-hybridized carbons (Fsp3) is 0. The summed E-state index contributed by atoms with van der Waals surface area (Å²) in [6.07, 6.45) is 0. The van der Waals surface area contributed by atoms with Gasteiger partial charge < -0.3 is 16.4 Å². The molecule has 7 heteroatoms. The number of hydrogen-bond donors (Lipinski definition) is 0. The van der Waals surface area contributed by atoms with Crippen molar-refractivity contribution in [3.63, 3.8) is 0 Å². The van der Waals surface area contributed by atoms with Gasteiger partial charge in [0.25, 0.3) is 0 Å². The second kappa shape index (κ2) is 186. The summed E-state index contributed by atoms with van der Waals surface area (Å²) in [5.74, 6) is 0. The summed E-state index contributed by atoms with van der Waals surface area (Å²) in [5, 5.41) is 0. The Morgan fingerprint density at radius 1 is 0.857 bits per heavy atom. The van der Waals surface area contributed by atoms with E-state index in [0.717, 1.165) is 0 Å². The van der Waals surface area contributed by atoms with Crippen molar-refractivity contribution in [2.24, 2.45) is 0 Å². The molecule has 0 saturated carbocycles. The van der Waals surface area contributed by atoms with Gasteiger partial charge in [-0.3, -0.25) is 0 Å². The van der Waals surface area contributed by atoms with E-state index in [1.807, 2.05) is 0 Å². The molecule has 0 spiro atoms. The maximum atomic E-state index is 7.94. The molecule has 0 heterocycles. The average Bonchev–Trinajstić information content (AvgIpc) is 1.00. The van der Waals surface area contributed by atoms with Crippen molar-refractivity contribution in [2.75, 3.05) is 0 Å². The zero-order chi connectivity index (χ0) is 2.00. The van der Waals surface area contributed by atoms with Crippen LogP contribution >= 0.6 is 0 Å². The summed E-state index contributed by atoms with van der Waals surface area (Å²) in [7, 11) is 0. The third kappa shape index (κ3) is 131. The fourth-order valence-electron chi connectivity index (χ4n) is 0. The van der Waals surface area contributed by atoms with E-state index in [-0.39, 0.29) is 50.6 Å². The molecule has 0 aliphatic carbocycles. The zero-order valence-electron chi connectivity index (χ0n) is 2.77. The Labute approximate surface area is 70.1 Å². The molecule has 2 N–H and O–H groups in total.